The van der Waals surface area contributed by atoms with E-state index in [4.69, 9.17) is 9.47 Å². The molecule has 186 valence electrons. The number of nitrogens with zero attached hydrogens (tertiary/aromatic N) is 2. The molecule has 0 radical (unpaired) electrons. The molecule has 8 heteroatoms. The van der Waals surface area contributed by atoms with Crippen molar-refractivity contribution in [2.45, 2.75) is 50.6 Å². The van der Waals surface area contributed by atoms with E-state index in [0.717, 1.165) is 12.0 Å². The van der Waals surface area contributed by atoms with Crippen LogP contribution in [0.2, 0.25) is 0 Å². The van der Waals surface area contributed by atoms with E-state index >= 15 is 0 Å². The molecule has 1 N–H and O–H groups in total. The van der Waals surface area contributed by atoms with Gasteiger partial charge in [0.1, 0.15) is 24.2 Å². The molecule has 4 aliphatic rings. The number of aliphatic hydroxyl groups excluding tert-OH is 1. The number of ether oxygens (including phenoxy) is 2. The van der Waals surface area contributed by atoms with E-state index in [2.05, 4.69) is 0 Å². The molecule has 0 bridgehead atoms. The molecule has 1 spiro atoms. The molecule has 2 amide bonds. The summed E-state index contributed by atoms with van der Waals surface area (Å²) in [5, 5.41) is 10.4. The van der Waals surface area contributed by atoms with Crippen LogP contribution in [0.4, 0.5) is 0 Å². The molecule has 8 nitrogen and oxygen atoms in total. The Morgan fingerprint density at radius 1 is 1.14 bits per heavy atom. The molecule has 35 heavy (non-hydrogen) atoms. The minimum Gasteiger partial charge on any atom is -0.461 e. The monoisotopic (exact) mass is 480 g/mol. The zero-order valence-corrected chi connectivity index (χ0v) is 20.1. The molecule has 4 aliphatic heterocycles. The SMILES string of the molecule is CC[C@H](C)[C@H](CO)N1C(=O)[C@@H]2[C@H]3C(=O)OCC=C[C@H]3O[C@@]23C=CCN(Cc2ccccc2)C(=O)C13. The van der Waals surface area contributed by atoms with Crippen LogP contribution >= 0.6 is 0 Å². The van der Waals surface area contributed by atoms with Crippen molar-refractivity contribution in [1.29, 1.82) is 0 Å². The van der Waals surface area contributed by atoms with Crippen LogP contribution in [-0.2, 0) is 30.4 Å². The smallest absolute Gasteiger partial charge is 0.313 e. The number of esters is 1. The van der Waals surface area contributed by atoms with Gasteiger partial charge < -0.3 is 24.4 Å². The summed E-state index contributed by atoms with van der Waals surface area (Å²) in [6.45, 7) is 4.52. The molecule has 0 saturated carbocycles. The highest BCUT2D eigenvalue weighted by Gasteiger charge is 2.72. The Kier molecular flexibility index (Phi) is 6.27. The molecular weight excluding hydrogens is 448 g/mol. The summed E-state index contributed by atoms with van der Waals surface area (Å²) in [4.78, 5) is 44.5. The number of carbonyl (C=O) groups excluding carboxylic acids is 3. The molecule has 2 saturated heterocycles. The van der Waals surface area contributed by atoms with Gasteiger partial charge in [-0.05, 0) is 17.6 Å². The molecule has 7 atom stereocenters. The minimum absolute atomic E-state index is 0.0563. The van der Waals surface area contributed by atoms with Crippen molar-refractivity contribution < 1.29 is 29.0 Å². The number of hydrogen-bond donors (Lipinski definition) is 1. The highest BCUT2D eigenvalue weighted by Crippen LogP contribution is 2.54. The Bertz CT molecular complexity index is 1060. The third kappa shape index (κ3) is 3.70. The quantitative estimate of drug-likeness (QED) is 0.492. The van der Waals surface area contributed by atoms with Gasteiger partial charge in [0.2, 0.25) is 11.8 Å². The first-order valence-corrected chi connectivity index (χ1v) is 12.4. The average Bonchev–Trinajstić information content (AvgIpc) is 3.17. The van der Waals surface area contributed by atoms with Crippen LogP contribution in [-0.4, -0.2) is 76.2 Å². The Balaban J connectivity index is 1.61. The van der Waals surface area contributed by atoms with E-state index in [1.807, 2.05) is 56.3 Å². The van der Waals surface area contributed by atoms with Gasteiger partial charge in [0.05, 0.1) is 24.7 Å². The lowest BCUT2D eigenvalue weighted by molar-refractivity contribution is -0.155. The normalized spacial score (nSPS) is 33.5. The summed E-state index contributed by atoms with van der Waals surface area (Å²) in [6.07, 6.45) is 7.22. The zero-order chi connectivity index (χ0) is 24.7. The summed E-state index contributed by atoms with van der Waals surface area (Å²) in [5.41, 5.74) is -0.335. The minimum atomic E-state index is -1.31. The van der Waals surface area contributed by atoms with Crippen LogP contribution in [0, 0.1) is 17.8 Å². The maximum Gasteiger partial charge on any atom is 0.313 e. The van der Waals surface area contributed by atoms with Crippen LogP contribution in [0.1, 0.15) is 25.8 Å². The largest absolute Gasteiger partial charge is 0.461 e. The highest BCUT2D eigenvalue weighted by atomic mass is 16.6. The number of hydrogen-bond acceptors (Lipinski definition) is 6. The van der Waals surface area contributed by atoms with Gasteiger partial charge in [-0.3, -0.25) is 14.4 Å². The average molecular weight is 481 g/mol. The Morgan fingerprint density at radius 2 is 1.91 bits per heavy atom. The van der Waals surface area contributed by atoms with Gasteiger partial charge in [-0.15, -0.1) is 0 Å². The van der Waals surface area contributed by atoms with Gasteiger partial charge in [0, 0.05) is 13.1 Å². The van der Waals surface area contributed by atoms with Crippen molar-refractivity contribution in [2.24, 2.45) is 17.8 Å². The first-order chi connectivity index (χ1) is 16.9. The van der Waals surface area contributed by atoms with Gasteiger partial charge in [0.25, 0.3) is 0 Å². The maximum absolute atomic E-state index is 14.2. The molecular formula is C27H32N2O6. The molecule has 2 fully saturated rings. The summed E-state index contributed by atoms with van der Waals surface area (Å²) < 4.78 is 11.9. The second kappa shape index (κ2) is 9.24. The first-order valence-electron chi connectivity index (χ1n) is 12.4. The molecule has 0 aliphatic carbocycles. The van der Waals surface area contributed by atoms with Crippen molar-refractivity contribution in [2.75, 3.05) is 19.8 Å². The van der Waals surface area contributed by atoms with Crippen LogP contribution in [0.3, 0.4) is 0 Å². The van der Waals surface area contributed by atoms with Crippen LogP contribution in [0.5, 0.6) is 0 Å². The van der Waals surface area contributed by atoms with Gasteiger partial charge >= 0.3 is 5.97 Å². The van der Waals surface area contributed by atoms with Gasteiger partial charge in [-0.2, -0.15) is 0 Å². The number of amides is 2. The van der Waals surface area contributed by atoms with E-state index in [1.54, 1.807) is 17.1 Å². The number of benzene rings is 1. The van der Waals surface area contributed by atoms with E-state index in [0.29, 0.717) is 13.1 Å². The lowest BCUT2D eigenvalue weighted by Gasteiger charge is -2.40. The fourth-order valence-corrected chi connectivity index (χ4v) is 6.07. The fourth-order valence-electron chi connectivity index (χ4n) is 6.07. The molecule has 1 aromatic carbocycles. The van der Waals surface area contributed by atoms with Crippen molar-refractivity contribution in [3.63, 3.8) is 0 Å². The third-order valence-electron chi connectivity index (χ3n) is 8.00. The van der Waals surface area contributed by atoms with Crippen molar-refractivity contribution in [3.8, 4) is 0 Å². The van der Waals surface area contributed by atoms with E-state index < -0.39 is 41.6 Å². The Morgan fingerprint density at radius 3 is 2.63 bits per heavy atom. The summed E-state index contributed by atoms with van der Waals surface area (Å²) in [5.74, 6) is -2.88. The predicted octanol–water partition coefficient (Wildman–Crippen LogP) is 1.69. The van der Waals surface area contributed by atoms with Crippen molar-refractivity contribution in [1.82, 2.24) is 9.80 Å². The standard InChI is InChI=1S/C27H32N2O6/c1-3-17(2)19(16-30)29-23-25(32)28(15-18-9-5-4-6-10-18)13-8-12-27(23)22(24(29)31)21-20(35-27)11-7-14-34-26(21)33/h4-12,17,19-23,30H,3,13-16H2,1-2H3/t17-,19-,20+,21-,22-,23?,27-/m0/s1. The van der Waals surface area contributed by atoms with Gasteiger partial charge in [-0.25, -0.2) is 0 Å². The van der Waals surface area contributed by atoms with Crippen LogP contribution in [0.15, 0.2) is 54.6 Å². The molecule has 1 aromatic rings. The van der Waals surface area contributed by atoms with Crippen molar-refractivity contribution in [3.05, 3.63) is 60.2 Å². The number of carbonyl (C=O) groups is 3. The van der Waals surface area contributed by atoms with Crippen LogP contribution < -0.4 is 0 Å². The number of fused-ring (bicyclic) bond motifs is 2. The van der Waals surface area contributed by atoms with Crippen LogP contribution in [0.25, 0.3) is 0 Å². The Labute approximate surface area is 205 Å². The number of aliphatic hydroxyl groups is 1. The predicted molar refractivity (Wildman–Crippen MR) is 127 cm³/mol. The molecule has 5 rings (SSSR count). The van der Waals surface area contributed by atoms with Gasteiger partial charge in [0.15, 0.2) is 0 Å². The molecule has 1 unspecified atom stereocenters. The summed E-state index contributed by atoms with van der Waals surface area (Å²) in [7, 11) is 0. The lowest BCUT2D eigenvalue weighted by Crippen LogP contribution is -2.59. The van der Waals surface area contributed by atoms with Gasteiger partial charge in [-0.1, -0.05) is 68.8 Å². The highest BCUT2D eigenvalue weighted by molar-refractivity contribution is 5.99. The molecule has 4 heterocycles. The maximum atomic E-state index is 14.2. The summed E-state index contributed by atoms with van der Waals surface area (Å²) >= 11 is 0. The second-order valence-corrected chi connectivity index (χ2v) is 9.89. The first kappa shape index (κ1) is 23.8. The lowest BCUT2D eigenvalue weighted by atomic mass is 9.78. The number of cyclic esters (lactones) is 1. The second-order valence-electron chi connectivity index (χ2n) is 9.89. The van der Waals surface area contributed by atoms with E-state index in [9.17, 15) is 19.5 Å². The number of likely N-dealkylation sites (tertiary alicyclic amines) is 1. The Hall–Kier alpha value is -2.97. The third-order valence-corrected chi connectivity index (χ3v) is 8.00. The van der Waals surface area contributed by atoms with Crippen molar-refractivity contribution >= 4 is 17.8 Å². The molecule has 0 aromatic heterocycles. The van der Waals surface area contributed by atoms with E-state index in [-0.39, 0.29) is 30.9 Å². The fraction of sp³-hybridized carbons (Fsp3) is 0.519. The zero-order valence-electron chi connectivity index (χ0n) is 20.1. The summed E-state index contributed by atoms with van der Waals surface area (Å²) in [6, 6.07) is 8.12. The van der Waals surface area contributed by atoms with E-state index in [1.165, 1.54) is 4.90 Å². The topological polar surface area (TPSA) is 96.4 Å². The number of rotatable bonds is 6.